The number of amides is 1. The molecule has 0 aliphatic carbocycles. The van der Waals surface area contributed by atoms with Crippen LogP contribution in [0, 0.1) is 10.1 Å². The Morgan fingerprint density at radius 2 is 1.92 bits per heavy atom. The van der Waals surface area contributed by atoms with E-state index in [9.17, 15) is 28.1 Å². The summed E-state index contributed by atoms with van der Waals surface area (Å²) in [5, 5.41) is 13.7. The molecule has 0 bridgehead atoms. The van der Waals surface area contributed by atoms with Crippen LogP contribution in [0.25, 0.3) is 0 Å². The Hall–Kier alpha value is -2.63. The molecule has 0 unspecified atom stereocenters. The van der Waals surface area contributed by atoms with Gasteiger partial charge in [0.25, 0.3) is 5.69 Å². The number of nitrogens with zero attached hydrogens (tertiary/aromatic N) is 3. The van der Waals surface area contributed by atoms with Crippen LogP contribution in [0.4, 0.5) is 24.5 Å². The second-order valence-electron chi connectivity index (χ2n) is 5.56. The molecular weight excluding hydrogens is 375 g/mol. The van der Waals surface area contributed by atoms with Crippen LogP contribution in [0.15, 0.2) is 18.2 Å². The van der Waals surface area contributed by atoms with Gasteiger partial charge in [0.05, 0.1) is 17.0 Å². The molecule has 1 fully saturated rings. The number of benzene rings is 1. The zero-order valence-electron chi connectivity index (χ0n) is 13.5. The first-order valence-electron chi connectivity index (χ1n) is 7.51. The Labute approximate surface area is 151 Å². The van der Waals surface area contributed by atoms with Crippen LogP contribution >= 0.6 is 12.2 Å². The maximum absolute atomic E-state index is 13.3. The molecule has 1 aliphatic rings. The minimum Gasteiger partial charge on any atom is -0.368 e. The fraction of sp³-hybridized carbons (Fsp3) is 0.429. The van der Waals surface area contributed by atoms with Crippen molar-refractivity contribution in [2.24, 2.45) is 5.73 Å². The third-order valence-electron chi connectivity index (χ3n) is 3.82. The molecule has 1 aromatic rings. The van der Waals surface area contributed by atoms with Crippen LogP contribution in [0.3, 0.4) is 0 Å². The fourth-order valence-corrected chi connectivity index (χ4v) is 2.82. The lowest BCUT2D eigenvalue weighted by Crippen LogP contribution is -2.53. The predicted molar refractivity (Wildman–Crippen MR) is 91.7 cm³/mol. The number of hydrogen-bond donors (Lipinski definition) is 2. The molecule has 12 heteroatoms. The van der Waals surface area contributed by atoms with Crippen LogP contribution < -0.4 is 16.0 Å². The summed E-state index contributed by atoms with van der Waals surface area (Å²) in [6.07, 6.45) is -4.71. The van der Waals surface area contributed by atoms with Crippen LogP contribution in [0.5, 0.6) is 0 Å². The quantitative estimate of drug-likeness (QED) is 0.450. The number of hydrogen-bond acceptors (Lipinski definition) is 5. The van der Waals surface area contributed by atoms with E-state index in [2.05, 4.69) is 5.32 Å². The normalized spacial score (nSPS) is 14.9. The first-order valence-corrected chi connectivity index (χ1v) is 7.92. The highest BCUT2D eigenvalue weighted by atomic mass is 32.1. The smallest absolute Gasteiger partial charge is 0.368 e. The van der Waals surface area contributed by atoms with E-state index < -0.39 is 28.3 Å². The van der Waals surface area contributed by atoms with Crippen molar-refractivity contribution < 1.29 is 22.9 Å². The Kier molecular flexibility index (Phi) is 5.85. The molecule has 3 N–H and O–H groups in total. The lowest BCUT2D eigenvalue weighted by molar-refractivity contribution is -0.385. The summed E-state index contributed by atoms with van der Waals surface area (Å²) in [7, 11) is 0. The molecule has 1 saturated heterocycles. The molecule has 0 atom stereocenters. The number of halogens is 3. The number of nitrogens with one attached hydrogen (secondary N) is 1. The van der Waals surface area contributed by atoms with E-state index in [4.69, 9.17) is 18.0 Å². The Balaban J connectivity index is 2.12. The number of piperazine rings is 1. The minimum atomic E-state index is -4.71. The summed E-state index contributed by atoms with van der Waals surface area (Å²) in [4.78, 5) is 23.9. The Bertz CT molecular complexity index is 720. The molecule has 142 valence electrons. The number of carbonyl (C=O) groups is 1. The molecule has 1 aliphatic heterocycles. The van der Waals surface area contributed by atoms with Gasteiger partial charge in [0.2, 0.25) is 5.91 Å². The average molecular weight is 391 g/mol. The highest BCUT2D eigenvalue weighted by molar-refractivity contribution is 7.80. The van der Waals surface area contributed by atoms with Gasteiger partial charge in [-0.15, -0.1) is 0 Å². The van der Waals surface area contributed by atoms with Gasteiger partial charge >= 0.3 is 6.18 Å². The van der Waals surface area contributed by atoms with E-state index in [0.29, 0.717) is 24.3 Å². The van der Waals surface area contributed by atoms with Gasteiger partial charge in [-0.3, -0.25) is 14.9 Å². The first-order chi connectivity index (χ1) is 12.1. The fourth-order valence-electron chi connectivity index (χ4n) is 2.57. The largest absolute Gasteiger partial charge is 0.418 e. The van der Waals surface area contributed by atoms with Crippen molar-refractivity contribution in [3.63, 3.8) is 0 Å². The summed E-state index contributed by atoms with van der Waals surface area (Å²) in [5.74, 6) is -0.577. The summed E-state index contributed by atoms with van der Waals surface area (Å²) in [5.41, 5.74) is 3.24. The number of nitro groups is 1. The highest BCUT2D eigenvalue weighted by Gasteiger charge is 2.37. The predicted octanol–water partition coefficient (Wildman–Crippen LogP) is 1.10. The number of anilines is 1. The van der Waals surface area contributed by atoms with Crippen molar-refractivity contribution in [3.8, 4) is 0 Å². The van der Waals surface area contributed by atoms with E-state index in [1.54, 1.807) is 4.90 Å². The van der Waals surface area contributed by atoms with E-state index in [-0.39, 0.29) is 25.3 Å². The van der Waals surface area contributed by atoms with Crippen molar-refractivity contribution in [1.29, 1.82) is 0 Å². The van der Waals surface area contributed by atoms with E-state index in [1.165, 1.54) is 4.90 Å². The third kappa shape index (κ3) is 4.71. The Morgan fingerprint density at radius 3 is 2.42 bits per heavy atom. The monoisotopic (exact) mass is 391 g/mol. The molecule has 1 amide bonds. The number of rotatable bonds is 4. The van der Waals surface area contributed by atoms with Gasteiger partial charge in [-0.05, 0) is 18.3 Å². The molecule has 1 heterocycles. The van der Waals surface area contributed by atoms with E-state index in [1.807, 2.05) is 0 Å². The van der Waals surface area contributed by atoms with Crippen molar-refractivity contribution in [2.75, 3.05) is 37.6 Å². The van der Waals surface area contributed by atoms with Crippen LogP contribution in [0.1, 0.15) is 5.56 Å². The number of primary amides is 1. The zero-order chi connectivity index (χ0) is 19.5. The van der Waals surface area contributed by atoms with Gasteiger partial charge in [-0.25, -0.2) is 0 Å². The molecular formula is C14H16F3N5O3S. The maximum Gasteiger partial charge on any atom is 0.418 e. The molecule has 1 aromatic carbocycles. The van der Waals surface area contributed by atoms with E-state index >= 15 is 0 Å². The van der Waals surface area contributed by atoms with Gasteiger partial charge < -0.3 is 20.9 Å². The standard InChI is InChI=1S/C14H16F3N5O3S/c15-14(16,17)10-7-9(22(24)25)1-2-11(10)20-3-5-21(6-4-20)13(26)19-8-12(18)23/h1-2,7H,3-6,8H2,(H2,18,23)(H,19,26). The number of non-ortho nitro benzene ring substituents is 1. The van der Waals surface area contributed by atoms with Crippen molar-refractivity contribution in [3.05, 3.63) is 33.9 Å². The topological polar surface area (TPSA) is 105 Å². The van der Waals surface area contributed by atoms with Gasteiger partial charge in [0.1, 0.15) is 0 Å². The molecule has 26 heavy (non-hydrogen) atoms. The van der Waals surface area contributed by atoms with E-state index in [0.717, 1.165) is 12.1 Å². The summed E-state index contributed by atoms with van der Waals surface area (Å²) in [6, 6.07) is 2.71. The molecule has 2 rings (SSSR count). The molecule has 0 saturated carbocycles. The number of nitrogens with two attached hydrogens (primary N) is 1. The number of nitro benzene ring substituents is 1. The van der Waals surface area contributed by atoms with Crippen molar-refractivity contribution >= 4 is 34.6 Å². The molecule has 0 aromatic heterocycles. The Morgan fingerprint density at radius 1 is 1.31 bits per heavy atom. The first kappa shape index (κ1) is 19.7. The summed E-state index contributed by atoms with van der Waals surface area (Å²) in [6.45, 7) is 1.01. The van der Waals surface area contributed by atoms with Gasteiger partial charge in [-0.1, -0.05) is 0 Å². The van der Waals surface area contributed by atoms with Crippen LogP contribution in [-0.2, 0) is 11.0 Å². The number of thiocarbonyl (C=S) groups is 1. The van der Waals surface area contributed by atoms with Gasteiger partial charge in [-0.2, -0.15) is 13.2 Å². The lowest BCUT2D eigenvalue weighted by Gasteiger charge is -2.38. The molecule has 0 spiro atoms. The SMILES string of the molecule is NC(=O)CNC(=S)N1CCN(c2ccc([N+](=O)[O-])cc2C(F)(F)F)CC1. The number of carbonyl (C=O) groups excluding carboxylic acids is 1. The van der Waals surface area contributed by atoms with Gasteiger partial charge in [0, 0.05) is 44.0 Å². The van der Waals surface area contributed by atoms with Gasteiger partial charge in [0.15, 0.2) is 5.11 Å². The van der Waals surface area contributed by atoms with Crippen LogP contribution in [-0.4, -0.2) is 53.6 Å². The maximum atomic E-state index is 13.3. The third-order valence-corrected chi connectivity index (χ3v) is 4.22. The molecule has 8 nitrogen and oxygen atoms in total. The van der Waals surface area contributed by atoms with Crippen molar-refractivity contribution in [2.45, 2.75) is 6.18 Å². The average Bonchev–Trinajstić information content (AvgIpc) is 2.58. The highest BCUT2D eigenvalue weighted by Crippen LogP contribution is 2.39. The number of alkyl halides is 3. The minimum absolute atomic E-state index is 0.112. The van der Waals surface area contributed by atoms with Crippen molar-refractivity contribution in [1.82, 2.24) is 10.2 Å². The second-order valence-corrected chi connectivity index (χ2v) is 5.94. The lowest BCUT2D eigenvalue weighted by atomic mass is 10.1. The second kappa shape index (κ2) is 7.72. The van der Waals surface area contributed by atoms with Crippen LogP contribution in [0.2, 0.25) is 0 Å². The molecule has 0 radical (unpaired) electrons. The zero-order valence-corrected chi connectivity index (χ0v) is 14.3. The summed E-state index contributed by atoms with van der Waals surface area (Å²) < 4.78 is 39.9. The summed E-state index contributed by atoms with van der Waals surface area (Å²) >= 11 is 5.11.